The van der Waals surface area contributed by atoms with Gasteiger partial charge >= 0.3 is 0 Å². The van der Waals surface area contributed by atoms with Crippen LogP contribution in [0.15, 0.2) is 11.4 Å². The number of nitrogens with one attached hydrogen (secondary N) is 1. The van der Waals surface area contributed by atoms with Gasteiger partial charge in [-0.15, -0.1) is 0 Å². The maximum absolute atomic E-state index is 12.0. The van der Waals surface area contributed by atoms with E-state index in [0.29, 0.717) is 12.5 Å². The van der Waals surface area contributed by atoms with Gasteiger partial charge in [-0.2, -0.15) is 0 Å². The second-order valence-electron chi connectivity index (χ2n) is 4.55. The first kappa shape index (κ1) is 12.4. The first-order valence-electron chi connectivity index (χ1n) is 5.77. The molecule has 1 aliphatic carbocycles. The molecule has 2 rings (SSSR count). The van der Waals surface area contributed by atoms with Gasteiger partial charge in [0, 0.05) is 13.6 Å². The van der Waals surface area contributed by atoms with E-state index in [1.165, 1.54) is 23.7 Å². The van der Waals surface area contributed by atoms with Gasteiger partial charge in [-0.25, -0.2) is 18.1 Å². The topological polar surface area (TPSA) is 90.0 Å². The zero-order chi connectivity index (χ0) is 12.5. The average Bonchev–Trinajstić information content (AvgIpc) is 2.86. The smallest absolute Gasteiger partial charge is 0.260 e. The van der Waals surface area contributed by atoms with Crippen LogP contribution in [0.4, 0.5) is 5.82 Å². The lowest BCUT2D eigenvalue weighted by molar-refractivity contribution is 0.516. The average molecular weight is 258 g/mol. The lowest BCUT2D eigenvalue weighted by atomic mass is 10.1. The SMILES string of the molecule is Cn1cnc(N)c1S(=O)(=O)NCC1CCCC1. The molecule has 1 fully saturated rings. The van der Waals surface area contributed by atoms with Gasteiger partial charge in [0.25, 0.3) is 10.0 Å². The van der Waals surface area contributed by atoms with E-state index >= 15 is 0 Å². The summed E-state index contributed by atoms with van der Waals surface area (Å²) in [4.78, 5) is 3.78. The van der Waals surface area contributed by atoms with Crippen molar-refractivity contribution in [2.24, 2.45) is 13.0 Å². The number of imidazole rings is 1. The van der Waals surface area contributed by atoms with Gasteiger partial charge in [0.05, 0.1) is 6.33 Å². The van der Waals surface area contributed by atoms with E-state index in [1.807, 2.05) is 0 Å². The Morgan fingerprint density at radius 3 is 2.71 bits per heavy atom. The highest BCUT2D eigenvalue weighted by atomic mass is 32.2. The monoisotopic (exact) mass is 258 g/mol. The van der Waals surface area contributed by atoms with Crippen molar-refractivity contribution in [2.75, 3.05) is 12.3 Å². The van der Waals surface area contributed by atoms with Crippen molar-refractivity contribution < 1.29 is 8.42 Å². The first-order chi connectivity index (χ1) is 8.00. The summed E-state index contributed by atoms with van der Waals surface area (Å²) in [6.07, 6.45) is 5.99. The summed E-state index contributed by atoms with van der Waals surface area (Å²) in [5, 5.41) is 0.0514. The summed E-state index contributed by atoms with van der Waals surface area (Å²) in [6, 6.07) is 0. The van der Waals surface area contributed by atoms with Crippen molar-refractivity contribution in [2.45, 2.75) is 30.7 Å². The van der Waals surface area contributed by atoms with Gasteiger partial charge in [0.2, 0.25) is 0 Å². The molecular formula is C10H18N4O2S. The van der Waals surface area contributed by atoms with Gasteiger partial charge in [-0.3, -0.25) is 0 Å². The van der Waals surface area contributed by atoms with Crippen LogP contribution in [0.25, 0.3) is 0 Å². The Bertz CT molecular complexity index is 469. The third-order valence-corrected chi connectivity index (χ3v) is 4.75. The molecule has 0 unspecified atom stereocenters. The van der Waals surface area contributed by atoms with E-state index in [0.717, 1.165) is 12.8 Å². The van der Waals surface area contributed by atoms with E-state index < -0.39 is 10.0 Å². The number of aryl methyl sites for hydroxylation is 1. The molecule has 1 aliphatic rings. The van der Waals surface area contributed by atoms with Crippen molar-refractivity contribution in [3.63, 3.8) is 0 Å². The van der Waals surface area contributed by atoms with E-state index in [9.17, 15) is 8.42 Å². The maximum atomic E-state index is 12.0. The highest BCUT2D eigenvalue weighted by Gasteiger charge is 2.24. The number of nitrogens with two attached hydrogens (primary N) is 1. The third kappa shape index (κ3) is 2.61. The summed E-state index contributed by atoms with van der Waals surface area (Å²) in [6.45, 7) is 0.493. The minimum absolute atomic E-state index is 0.0476. The summed E-state index contributed by atoms with van der Waals surface area (Å²) in [5.41, 5.74) is 5.56. The molecule has 96 valence electrons. The summed E-state index contributed by atoms with van der Waals surface area (Å²) in [5.74, 6) is 0.505. The molecule has 0 aromatic carbocycles. The Morgan fingerprint density at radius 2 is 2.18 bits per heavy atom. The Kier molecular flexibility index (Phi) is 3.39. The van der Waals surface area contributed by atoms with Crippen molar-refractivity contribution >= 4 is 15.8 Å². The van der Waals surface area contributed by atoms with Crippen LogP contribution < -0.4 is 10.5 Å². The Balaban J connectivity index is 2.08. The maximum Gasteiger partial charge on any atom is 0.260 e. The second-order valence-corrected chi connectivity index (χ2v) is 6.23. The predicted octanol–water partition coefficient (Wildman–Crippen LogP) is 0.471. The summed E-state index contributed by atoms with van der Waals surface area (Å²) >= 11 is 0. The van der Waals surface area contributed by atoms with E-state index in [4.69, 9.17) is 5.73 Å². The predicted molar refractivity (Wildman–Crippen MR) is 64.8 cm³/mol. The van der Waals surface area contributed by atoms with Gasteiger partial charge in [0.1, 0.15) is 0 Å². The minimum atomic E-state index is -3.54. The van der Waals surface area contributed by atoms with Crippen molar-refractivity contribution in [3.8, 4) is 0 Å². The third-order valence-electron chi connectivity index (χ3n) is 3.20. The van der Waals surface area contributed by atoms with E-state index in [-0.39, 0.29) is 10.8 Å². The van der Waals surface area contributed by atoms with Crippen LogP contribution in [0.3, 0.4) is 0 Å². The van der Waals surface area contributed by atoms with Gasteiger partial charge < -0.3 is 10.3 Å². The highest BCUT2D eigenvalue weighted by Crippen LogP contribution is 2.24. The molecule has 0 radical (unpaired) electrons. The number of anilines is 1. The normalized spacial score (nSPS) is 17.7. The number of nitrogen functional groups attached to an aromatic ring is 1. The molecule has 1 aromatic heterocycles. The molecule has 7 heteroatoms. The molecule has 6 nitrogen and oxygen atoms in total. The Labute approximate surface area is 101 Å². The fraction of sp³-hybridized carbons (Fsp3) is 0.700. The molecule has 0 atom stereocenters. The zero-order valence-corrected chi connectivity index (χ0v) is 10.7. The first-order valence-corrected chi connectivity index (χ1v) is 7.25. The number of rotatable bonds is 4. The zero-order valence-electron chi connectivity index (χ0n) is 9.89. The molecule has 0 saturated heterocycles. The Morgan fingerprint density at radius 1 is 1.53 bits per heavy atom. The molecule has 0 aliphatic heterocycles. The number of hydrogen-bond donors (Lipinski definition) is 2. The molecule has 1 aromatic rings. The van der Waals surface area contributed by atoms with Crippen LogP contribution in [0.2, 0.25) is 0 Å². The van der Waals surface area contributed by atoms with Crippen LogP contribution >= 0.6 is 0 Å². The van der Waals surface area contributed by atoms with Crippen LogP contribution in [-0.4, -0.2) is 24.5 Å². The standard InChI is InChI=1S/C10H18N4O2S/c1-14-7-12-9(11)10(14)17(15,16)13-6-8-4-2-3-5-8/h7-8,13H,2-6,11H2,1H3. The minimum Gasteiger partial charge on any atom is -0.381 e. The molecule has 0 spiro atoms. The van der Waals surface area contributed by atoms with Gasteiger partial charge in [-0.1, -0.05) is 12.8 Å². The van der Waals surface area contributed by atoms with Crippen LogP contribution in [0, 0.1) is 5.92 Å². The second kappa shape index (κ2) is 4.66. The summed E-state index contributed by atoms with van der Waals surface area (Å²) in [7, 11) is -1.92. The molecule has 0 bridgehead atoms. The number of nitrogens with zero attached hydrogens (tertiary/aromatic N) is 2. The number of aromatic nitrogens is 2. The molecule has 1 heterocycles. The van der Waals surface area contributed by atoms with E-state index in [2.05, 4.69) is 9.71 Å². The molecule has 3 N–H and O–H groups in total. The largest absolute Gasteiger partial charge is 0.381 e. The van der Waals surface area contributed by atoms with Crippen molar-refractivity contribution in [3.05, 3.63) is 6.33 Å². The lowest BCUT2D eigenvalue weighted by Gasteiger charge is -2.11. The summed E-state index contributed by atoms with van der Waals surface area (Å²) < 4.78 is 28.1. The Hall–Kier alpha value is -1.08. The van der Waals surface area contributed by atoms with Crippen molar-refractivity contribution in [1.82, 2.24) is 14.3 Å². The molecule has 0 amide bonds. The number of sulfonamides is 1. The van der Waals surface area contributed by atoms with Gasteiger partial charge in [0.15, 0.2) is 10.8 Å². The molecular weight excluding hydrogens is 240 g/mol. The van der Waals surface area contributed by atoms with Gasteiger partial charge in [-0.05, 0) is 18.8 Å². The fourth-order valence-corrected chi connectivity index (χ4v) is 3.62. The number of hydrogen-bond acceptors (Lipinski definition) is 4. The fourth-order valence-electron chi connectivity index (χ4n) is 2.27. The lowest BCUT2D eigenvalue weighted by Crippen LogP contribution is -2.30. The quantitative estimate of drug-likeness (QED) is 0.821. The van der Waals surface area contributed by atoms with Crippen LogP contribution in [0.5, 0.6) is 0 Å². The van der Waals surface area contributed by atoms with Crippen LogP contribution in [-0.2, 0) is 17.1 Å². The molecule has 1 saturated carbocycles. The molecule has 17 heavy (non-hydrogen) atoms. The highest BCUT2D eigenvalue weighted by molar-refractivity contribution is 7.89. The van der Waals surface area contributed by atoms with Crippen molar-refractivity contribution in [1.29, 1.82) is 0 Å². The van der Waals surface area contributed by atoms with Crippen LogP contribution in [0.1, 0.15) is 25.7 Å². The van der Waals surface area contributed by atoms with E-state index in [1.54, 1.807) is 7.05 Å².